The third-order valence-corrected chi connectivity index (χ3v) is 5.92. The van der Waals surface area contributed by atoms with Crippen molar-refractivity contribution in [1.82, 2.24) is 9.88 Å². The van der Waals surface area contributed by atoms with Crippen molar-refractivity contribution in [2.24, 2.45) is 5.92 Å². The van der Waals surface area contributed by atoms with E-state index in [0.29, 0.717) is 46.6 Å². The van der Waals surface area contributed by atoms with E-state index in [2.05, 4.69) is 4.98 Å². The largest absolute Gasteiger partial charge is 0.497 e. The number of aliphatic hydroxyl groups excluding tert-OH is 1. The van der Waals surface area contributed by atoms with Gasteiger partial charge in [-0.25, -0.2) is 9.59 Å². The summed E-state index contributed by atoms with van der Waals surface area (Å²) in [6.45, 7) is 5.51. The Balaban J connectivity index is 1.77. The molecule has 1 aromatic heterocycles. The minimum Gasteiger partial charge on any atom is -0.497 e. The van der Waals surface area contributed by atoms with Gasteiger partial charge < -0.3 is 19.7 Å². The van der Waals surface area contributed by atoms with Crippen LogP contribution in [0.3, 0.4) is 0 Å². The molecule has 0 bridgehead atoms. The summed E-state index contributed by atoms with van der Waals surface area (Å²) in [7, 11) is 1.55. The predicted octanol–water partition coefficient (Wildman–Crippen LogP) is 4.42. The Bertz CT molecular complexity index is 1010. The van der Waals surface area contributed by atoms with Crippen LogP contribution < -0.4 is 4.74 Å². The highest BCUT2D eigenvalue weighted by Gasteiger charge is 2.43. The number of hydrogen-bond donors (Lipinski definition) is 2. The van der Waals surface area contributed by atoms with Crippen LogP contribution in [0, 0.1) is 5.92 Å². The van der Waals surface area contributed by atoms with Crippen molar-refractivity contribution in [3.8, 4) is 5.75 Å². The number of pyridine rings is 1. The maximum absolute atomic E-state index is 12.5. The number of benzene rings is 1. The van der Waals surface area contributed by atoms with Gasteiger partial charge in [0.25, 0.3) is 0 Å². The summed E-state index contributed by atoms with van der Waals surface area (Å²) in [5, 5.41) is 21.8. The van der Waals surface area contributed by atoms with Crippen LogP contribution in [0.1, 0.15) is 51.7 Å². The Morgan fingerprint density at radius 2 is 2.06 bits per heavy atom. The average Bonchev–Trinajstić information content (AvgIpc) is 3.14. The Morgan fingerprint density at radius 3 is 2.69 bits per heavy atom. The normalized spacial score (nSPS) is 19.8. The second-order valence-corrected chi connectivity index (χ2v) is 9.41. The average molecular weight is 465 g/mol. The van der Waals surface area contributed by atoms with E-state index >= 15 is 0 Å². The number of amides is 1. The van der Waals surface area contributed by atoms with E-state index in [9.17, 15) is 19.8 Å². The zero-order valence-electron chi connectivity index (χ0n) is 18.7. The van der Waals surface area contributed by atoms with E-state index in [-0.39, 0.29) is 12.3 Å². The number of aliphatic carboxylic acids is 1. The standard InChI is InChI=1S/C23H29ClN2O6/c1-23(2,3)32-22(30)26-10-9-13(20(26)21(28)29)5-8-18(27)19-15-11-14(31-4)6-7-17(15)25-12-16(19)24/h6-7,11-13,18,20,27H,5,8-10H2,1-4H3,(H,28,29). The van der Waals surface area contributed by atoms with Crippen LogP contribution in [-0.4, -0.2) is 57.5 Å². The number of nitrogens with zero attached hydrogens (tertiary/aromatic N) is 2. The number of hydrogen-bond acceptors (Lipinski definition) is 6. The molecule has 174 valence electrons. The highest BCUT2D eigenvalue weighted by molar-refractivity contribution is 6.32. The lowest BCUT2D eigenvalue weighted by Gasteiger charge is -2.28. The predicted molar refractivity (Wildman–Crippen MR) is 120 cm³/mol. The molecule has 0 spiro atoms. The summed E-state index contributed by atoms with van der Waals surface area (Å²) in [5.41, 5.74) is 0.489. The number of methoxy groups -OCH3 is 1. The molecule has 1 aromatic carbocycles. The summed E-state index contributed by atoms with van der Waals surface area (Å²) >= 11 is 6.37. The Kier molecular flexibility index (Phi) is 7.15. The number of aliphatic hydroxyl groups is 1. The van der Waals surface area contributed by atoms with E-state index in [1.54, 1.807) is 46.1 Å². The van der Waals surface area contributed by atoms with Gasteiger partial charge >= 0.3 is 12.1 Å². The quantitative estimate of drug-likeness (QED) is 0.651. The van der Waals surface area contributed by atoms with Crippen LogP contribution in [0.4, 0.5) is 4.79 Å². The van der Waals surface area contributed by atoms with Crippen LogP contribution in [0.25, 0.3) is 10.9 Å². The molecule has 0 radical (unpaired) electrons. The number of rotatable bonds is 6. The van der Waals surface area contributed by atoms with Gasteiger partial charge in [-0.15, -0.1) is 0 Å². The number of carboxylic acid groups (broad SMARTS) is 1. The van der Waals surface area contributed by atoms with Gasteiger partial charge in [0.1, 0.15) is 17.4 Å². The first-order chi connectivity index (χ1) is 15.0. The zero-order chi connectivity index (χ0) is 23.6. The summed E-state index contributed by atoms with van der Waals surface area (Å²) < 4.78 is 10.6. The fraction of sp³-hybridized carbons (Fsp3) is 0.522. The summed E-state index contributed by atoms with van der Waals surface area (Å²) in [6.07, 6.45) is 1.14. The van der Waals surface area contributed by atoms with Crippen molar-refractivity contribution in [2.75, 3.05) is 13.7 Å². The highest BCUT2D eigenvalue weighted by Crippen LogP contribution is 2.37. The Morgan fingerprint density at radius 1 is 1.34 bits per heavy atom. The summed E-state index contributed by atoms with van der Waals surface area (Å²) in [5.74, 6) is -0.772. The minimum atomic E-state index is -1.08. The van der Waals surface area contributed by atoms with Crippen molar-refractivity contribution in [3.63, 3.8) is 0 Å². The molecule has 2 aromatic rings. The third kappa shape index (κ3) is 5.24. The van der Waals surface area contributed by atoms with Crippen molar-refractivity contribution in [3.05, 3.63) is 35.0 Å². The van der Waals surface area contributed by atoms with E-state index in [1.165, 1.54) is 11.1 Å². The zero-order valence-corrected chi connectivity index (χ0v) is 19.4. The first kappa shape index (κ1) is 24.1. The Hall–Kier alpha value is -2.58. The van der Waals surface area contributed by atoms with Gasteiger partial charge in [-0.2, -0.15) is 0 Å². The second-order valence-electron chi connectivity index (χ2n) is 9.00. The van der Waals surface area contributed by atoms with Gasteiger partial charge in [-0.1, -0.05) is 11.6 Å². The maximum Gasteiger partial charge on any atom is 0.411 e. The Labute approximate surface area is 192 Å². The first-order valence-electron chi connectivity index (χ1n) is 10.5. The monoisotopic (exact) mass is 464 g/mol. The number of carbonyl (C=O) groups is 2. The highest BCUT2D eigenvalue weighted by atomic mass is 35.5. The summed E-state index contributed by atoms with van der Waals surface area (Å²) in [4.78, 5) is 30.0. The molecule has 3 atom stereocenters. The van der Waals surface area contributed by atoms with Crippen LogP contribution in [0.15, 0.2) is 24.4 Å². The molecular formula is C23H29ClN2O6. The molecule has 2 N–H and O–H groups in total. The number of likely N-dealkylation sites (tertiary alicyclic amines) is 1. The molecule has 1 fully saturated rings. The number of carbonyl (C=O) groups excluding carboxylic acids is 1. The van der Waals surface area contributed by atoms with Crippen molar-refractivity contribution in [1.29, 1.82) is 0 Å². The smallest absolute Gasteiger partial charge is 0.411 e. The number of carboxylic acids is 1. The van der Waals surface area contributed by atoms with Crippen LogP contribution >= 0.6 is 11.6 Å². The van der Waals surface area contributed by atoms with Gasteiger partial charge in [-0.05, 0) is 64.2 Å². The fourth-order valence-corrected chi connectivity index (χ4v) is 4.45. The molecule has 3 unspecified atom stereocenters. The van der Waals surface area contributed by atoms with Crippen molar-refractivity contribution < 1.29 is 29.3 Å². The van der Waals surface area contributed by atoms with Crippen molar-refractivity contribution in [2.45, 2.75) is 57.8 Å². The maximum atomic E-state index is 12.5. The second kappa shape index (κ2) is 9.50. The van der Waals surface area contributed by atoms with Crippen LogP contribution in [-0.2, 0) is 9.53 Å². The molecule has 1 aliphatic rings. The molecule has 0 aliphatic carbocycles. The lowest BCUT2D eigenvalue weighted by Crippen LogP contribution is -2.45. The molecule has 3 rings (SSSR count). The topological polar surface area (TPSA) is 109 Å². The molecule has 32 heavy (non-hydrogen) atoms. The van der Waals surface area contributed by atoms with Crippen LogP contribution in [0.5, 0.6) is 5.75 Å². The number of halogens is 1. The molecule has 1 amide bonds. The summed E-state index contributed by atoms with van der Waals surface area (Å²) in [6, 6.07) is 4.34. The van der Waals surface area contributed by atoms with E-state index in [4.69, 9.17) is 21.1 Å². The lowest BCUT2D eigenvalue weighted by atomic mass is 9.91. The van der Waals surface area contributed by atoms with Gasteiger partial charge in [-0.3, -0.25) is 9.88 Å². The molecule has 1 saturated heterocycles. The first-order valence-corrected chi connectivity index (χ1v) is 10.9. The minimum absolute atomic E-state index is 0.284. The molecular weight excluding hydrogens is 436 g/mol. The molecule has 9 heteroatoms. The van der Waals surface area contributed by atoms with Gasteiger partial charge in [0.15, 0.2) is 0 Å². The number of aromatic nitrogens is 1. The molecule has 1 aliphatic heterocycles. The fourth-order valence-electron chi connectivity index (χ4n) is 4.17. The van der Waals surface area contributed by atoms with Gasteiger partial charge in [0, 0.05) is 23.7 Å². The van der Waals surface area contributed by atoms with E-state index < -0.39 is 29.8 Å². The van der Waals surface area contributed by atoms with Gasteiger partial charge in [0.2, 0.25) is 0 Å². The van der Waals surface area contributed by atoms with Crippen molar-refractivity contribution >= 4 is 34.6 Å². The number of fused-ring (bicyclic) bond motifs is 1. The van der Waals surface area contributed by atoms with Gasteiger partial charge in [0.05, 0.1) is 23.8 Å². The third-order valence-electron chi connectivity index (χ3n) is 5.62. The number of ether oxygens (including phenoxy) is 2. The van der Waals surface area contributed by atoms with Crippen LogP contribution in [0.2, 0.25) is 5.02 Å². The molecule has 2 heterocycles. The molecule has 0 saturated carbocycles. The van der Waals surface area contributed by atoms with E-state index in [0.717, 1.165) is 0 Å². The van der Waals surface area contributed by atoms with E-state index in [1.807, 2.05) is 0 Å². The lowest BCUT2D eigenvalue weighted by molar-refractivity contribution is -0.143. The molecule has 8 nitrogen and oxygen atoms in total. The SMILES string of the molecule is COc1ccc2ncc(Cl)c(C(O)CCC3CCN(C(=O)OC(C)(C)C)C3C(=O)O)c2c1.